The second-order valence-electron chi connectivity index (χ2n) is 6.10. The third-order valence-corrected chi connectivity index (χ3v) is 4.83. The number of piperazine rings is 1. The molecule has 1 saturated carbocycles. The zero-order chi connectivity index (χ0) is 13.1. The zero-order valence-electron chi connectivity index (χ0n) is 11.7. The maximum atomic E-state index is 12.2. The summed E-state index contributed by atoms with van der Waals surface area (Å²) in [5.41, 5.74) is 0. The molecule has 2 amide bonds. The van der Waals surface area contributed by atoms with Gasteiger partial charge in [-0.05, 0) is 25.8 Å². The molecule has 0 aromatic carbocycles. The number of rotatable bonds is 2. The fraction of sp³-hybridized carbons (Fsp3) is 0.929. The van der Waals surface area contributed by atoms with Crippen LogP contribution in [0.15, 0.2) is 0 Å². The molecule has 0 spiro atoms. The standard InChI is InChI=1S/C14H26N4O/c19-14(16-12-3-1-2-4-12)18-9-7-17(8-10-18)13-5-6-15-11-13/h12-13,15H,1-11H2,(H,16,19). The quantitative estimate of drug-likeness (QED) is 0.770. The predicted octanol–water partition coefficient (Wildman–Crippen LogP) is 0.618. The molecule has 108 valence electrons. The van der Waals surface area contributed by atoms with E-state index < -0.39 is 0 Å². The van der Waals surface area contributed by atoms with Gasteiger partial charge in [0.05, 0.1) is 0 Å². The van der Waals surface area contributed by atoms with Gasteiger partial charge in [0.2, 0.25) is 0 Å². The Morgan fingerprint density at radius 2 is 1.79 bits per heavy atom. The van der Waals surface area contributed by atoms with Gasteiger partial charge >= 0.3 is 6.03 Å². The lowest BCUT2D eigenvalue weighted by Crippen LogP contribution is -2.55. The maximum Gasteiger partial charge on any atom is 0.317 e. The van der Waals surface area contributed by atoms with Crippen molar-refractivity contribution in [2.24, 2.45) is 0 Å². The number of carbonyl (C=O) groups is 1. The second-order valence-corrected chi connectivity index (χ2v) is 6.10. The first kappa shape index (κ1) is 13.2. The molecule has 0 radical (unpaired) electrons. The number of nitrogens with zero attached hydrogens (tertiary/aromatic N) is 2. The third kappa shape index (κ3) is 3.20. The summed E-state index contributed by atoms with van der Waals surface area (Å²) in [4.78, 5) is 16.7. The van der Waals surface area contributed by atoms with E-state index in [1.807, 2.05) is 4.90 Å². The van der Waals surface area contributed by atoms with Crippen LogP contribution in [0.5, 0.6) is 0 Å². The molecular formula is C14H26N4O. The second kappa shape index (κ2) is 6.09. The van der Waals surface area contributed by atoms with Crippen molar-refractivity contribution < 1.29 is 4.79 Å². The van der Waals surface area contributed by atoms with Crippen molar-refractivity contribution in [3.05, 3.63) is 0 Å². The third-order valence-electron chi connectivity index (χ3n) is 4.83. The van der Waals surface area contributed by atoms with Crippen LogP contribution in [0.25, 0.3) is 0 Å². The molecule has 3 aliphatic rings. The summed E-state index contributed by atoms with van der Waals surface area (Å²) in [6.07, 6.45) is 6.13. The van der Waals surface area contributed by atoms with E-state index in [0.29, 0.717) is 12.1 Å². The minimum atomic E-state index is 0.163. The largest absolute Gasteiger partial charge is 0.335 e. The SMILES string of the molecule is O=C(NC1CCCC1)N1CCN(C2CCNC2)CC1. The molecule has 2 heterocycles. The van der Waals surface area contributed by atoms with Gasteiger partial charge in [-0.3, -0.25) is 4.90 Å². The summed E-state index contributed by atoms with van der Waals surface area (Å²) in [7, 11) is 0. The van der Waals surface area contributed by atoms with Crippen molar-refractivity contribution in [2.75, 3.05) is 39.3 Å². The van der Waals surface area contributed by atoms with Crippen molar-refractivity contribution in [3.8, 4) is 0 Å². The van der Waals surface area contributed by atoms with Crippen LogP contribution in [0, 0.1) is 0 Å². The Morgan fingerprint density at radius 1 is 1.05 bits per heavy atom. The lowest BCUT2D eigenvalue weighted by atomic mass is 10.2. The van der Waals surface area contributed by atoms with Crippen LogP contribution >= 0.6 is 0 Å². The molecule has 2 saturated heterocycles. The van der Waals surface area contributed by atoms with E-state index in [-0.39, 0.29) is 6.03 Å². The Hall–Kier alpha value is -0.810. The fourth-order valence-corrected chi connectivity index (χ4v) is 3.58. The first-order chi connectivity index (χ1) is 9.33. The molecule has 3 fully saturated rings. The van der Waals surface area contributed by atoms with E-state index in [2.05, 4.69) is 15.5 Å². The summed E-state index contributed by atoms with van der Waals surface area (Å²) in [5.74, 6) is 0. The molecule has 1 unspecified atom stereocenters. The van der Waals surface area contributed by atoms with Gasteiger partial charge in [0.25, 0.3) is 0 Å². The summed E-state index contributed by atoms with van der Waals surface area (Å²) >= 11 is 0. The Morgan fingerprint density at radius 3 is 2.42 bits per heavy atom. The predicted molar refractivity (Wildman–Crippen MR) is 75.2 cm³/mol. The van der Waals surface area contributed by atoms with Gasteiger partial charge in [-0.25, -0.2) is 4.79 Å². The van der Waals surface area contributed by atoms with Gasteiger partial charge in [0.1, 0.15) is 0 Å². The van der Waals surface area contributed by atoms with Crippen LogP contribution in [-0.2, 0) is 0 Å². The molecule has 0 aromatic rings. The molecule has 0 bridgehead atoms. The highest BCUT2D eigenvalue weighted by atomic mass is 16.2. The van der Waals surface area contributed by atoms with E-state index in [1.54, 1.807) is 0 Å². The molecule has 5 heteroatoms. The van der Waals surface area contributed by atoms with E-state index in [4.69, 9.17) is 0 Å². The van der Waals surface area contributed by atoms with Crippen LogP contribution in [0.3, 0.4) is 0 Å². The highest BCUT2D eigenvalue weighted by Crippen LogP contribution is 2.18. The smallest absolute Gasteiger partial charge is 0.317 e. The van der Waals surface area contributed by atoms with Gasteiger partial charge in [0.15, 0.2) is 0 Å². The Labute approximate surface area is 115 Å². The lowest BCUT2D eigenvalue weighted by Gasteiger charge is -2.38. The molecule has 19 heavy (non-hydrogen) atoms. The summed E-state index contributed by atoms with van der Waals surface area (Å²) in [5, 5.41) is 6.61. The topological polar surface area (TPSA) is 47.6 Å². The normalized spacial score (nSPS) is 29.9. The Balaban J connectivity index is 1.42. The van der Waals surface area contributed by atoms with Crippen LogP contribution in [0.2, 0.25) is 0 Å². The maximum absolute atomic E-state index is 12.2. The van der Waals surface area contributed by atoms with Crippen molar-refractivity contribution in [1.82, 2.24) is 20.4 Å². The minimum Gasteiger partial charge on any atom is -0.335 e. The number of urea groups is 1. The number of nitrogens with one attached hydrogen (secondary N) is 2. The van der Waals surface area contributed by atoms with E-state index in [1.165, 1.54) is 32.1 Å². The van der Waals surface area contributed by atoms with Crippen LogP contribution in [0.1, 0.15) is 32.1 Å². The van der Waals surface area contributed by atoms with Gasteiger partial charge in [-0.1, -0.05) is 12.8 Å². The number of hydrogen-bond acceptors (Lipinski definition) is 3. The average molecular weight is 266 g/mol. The lowest BCUT2D eigenvalue weighted by molar-refractivity contribution is 0.112. The number of amides is 2. The molecule has 2 N–H and O–H groups in total. The average Bonchev–Trinajstić information content (AvgIpc) is 3.12. The number of carbonyl (C=O) groups excluding carboxylic acids is 1. The van der Waals surface area contributed by atoms with E-state index in [9.17, 15) is 4.79 Å². The molecule has 1 atom stereocenters. The van der Waals surface area contributed by atoms with Gasteiger partial charge in [-0.15, -0.1) is 0 Å². The van der Waals surface area contributed by atoms with Gasteiger partial charge in [0, 0.05) is 44.8 Å². The summed E-state index contributed by atoms with van der Waals surface area (Å²) in [6.45, 7) is 6.10. The van der Waals surface area contributed by atoms with Crippen LogP contribution < -0.4 is 10.6 Å². The molecule has 3 rings (SSSR count). The molecular weight excluding hydrogens is 240 g/mol. The van der Waals surface area contributed by atoms with Crippen molar-refractivity contribution >= 4 is 6.03 Å². The summed E-state index contributed by atoms with van der Waals surface area (Å²) in [6, 6.07) is 1.29. The molecule has 1 aliphatic carbocycles. The minimum absolute atomic E-state index is 0.163. The van der Waals surface area contributed by atoms with Crippen LogP contribution in [0.4, 0.5) is 4.79 Å². The molecule has 2 aliphatic heterocycles. The van der Waals surface area contributed by atoms with E-state index >= 15 is 0 Å². The monoisotopic (exact) mass is 266 g/mol. The van der Waals surface area contributed by atoms with Crippen molar-refractivity contribution in [2.45, 2.75) is 44.2 Å². The number of hydrogen-bond donors (Lipinski definition) is 2. The van der Waals surface area contributed by atoms with E-state index in [0.717, 1.165) is 39.3 Å². The summed E-state index contributed by atoms with van der Waals surface area (Å²) < 4.78 is 0. The Bertz CT molecular complexity index is 303. The molecule has 5 nitrogen and oxygen atoms in total. The van der Waals surface area contributed by atoms with Crippen LogP contribution in [-0.4, -0.2) is 67.2 Å². The highest BCUT2D eigenvalue weighted by Gasteiger charge is 2.28. The van der Waals surface area contributed by atoms with Crippen molar-refractivity contribution in [3.63, 3.8) is 0 Å². The first-order valence-electron chi connectivity index (χ1n) is 7.83. The fourth-order valence-electron chi connectivity index (χ4n) is 3.58. The molecule has 0 aromatic heterocycles. The Kier molecular flexibility index (Phi) is 4.23. The van der Waals surface area contributed by atoms with Gasteiger partial charge < -0.3 is 15.5 Å². The first-order valence-corrected chi connectivity index (χ1v) is 7.83. The zero-order valence-corrected chi connectivity index (χ0v) is 11.7. The van der Waals surface area contributed by atoms with Crippen molar-refractivity contribution in [1.29, 1.82) is 0 Å². The van der Waals surface area contributed by atoms with Gasteiger partial charge in [-0.2, -0.15) is 0 Å². The highest BCUT2D eigenvalue weighted by molar-refractivity contribution is 5.74.